The van der Waals surface area contributed by atoms with Gasteiger partial charge in [-0.05, 0) is 36.8 Å². The molecule has 1 amide bonds. The molecule has 7 heteroatoms. The molecule has 27 heavy (non-hydrogen) atoms. The molecule has 7 nitrogen and oxygen atoms in total. The standard InChI is InChI=1S/C18H22N6O.C2H6/c19-15-12-4-2-1-3-10(12)5-8-14(15)23-18-21-9-13(16(20)25)17(24-18)22-11-6-7-11;1-2/h1-4,9,11,14-15H,5-8,19H2,(H2,20,25)(H2,21,22,23,24);1-2H3. The molecule has 2 aliphatic rings. The number of rotatable bonds is 5. The molecule has 1 fully saturated rings. The number of nitrogens with one attached hydrogen (secondary N) is 2. The predicted octanol–water partition coefficient (Wildman–Crippen LogP) is 2.60. The third-order valence-electron chi connectivity index (χ3n) is 4.86. The number of carbonyl (C=O) groups is 1. The summed E-state index contributed by atoms with van der Waals surface area (Å²) in [4.78, 5) is 20.3. The van der Waals surface area contributed by atoms with Crippen molar-refractivity contribution in [3.63, 3.8) is 0 Å². The first-order valence-electron chi connectivity index (χ1n) is 9.65. The maximum Gasteiger partial charge on any atom is 0.254 e. The van der Waals surface area contributed by atoms with E-state index in [1.807, 2.05) is 26.0 Å². The molecule has 4 rings (SSSR count). The first-order chi connectivity index (χ1) is 13.1. The lowest BCUT2D eigenvalue weighted by molar-refractivity contribution is 0.100. The van der Waals surface area contributed by atoms with E-state index < -0.39 is 5.91 Å². The lowest BCUT2D eigenvalue weighted by Crippen LogP contribution is -2.37. The van der Waals surface area contributed by atoms with Crippen molar-refractivity contribution in [1.82, 2.24) is 9.97 Å². The summed E-state index contributed by atoms with van der Waals surface area (Å²) in [6, 6.07) is 8.54. The Bertz CT molecular complexity index is 805. The number of hydrogen-bond donors (Lipinski definition) is 4. The number of carbonyl (C=O) groups excluding carboxylic acids is 1. The first-order valence-corrected chi connectivity index (χ1v) is 9.65. The highest BCUT2D eigenvalue weighted by Gasteiger charge is 2.28. The van der Waals surface area contributed by atoms with Crippen LogP contribution < -0.4 is 22.1 Å². The Morgan fingerprint density at radius 2 is 1.89 bits per heavy atom. The molecule has 1 heterocycles. The second-order valence-corrected chi connectivity index (χ2v) is 6.75. The monoisotopic (exact) mass is 368 g/mol. The number of aryl methyl sites for hydroxylation is 1. The molecule has 2 unspecified atom stereocenters. The lowest BCUT2D eigenvalue weighted by atomic mass is 9.84. The molecule has 6 N–H and O–H groups in total. The van der Waals surface area contributed by atoms with E-state index in [1.165, 1.54) is 11.8 Å². The summed E-state index contributed by atoms with van der Waals surface area (Å²) >= 11 is 0. The fourth-order valence-corrected chi connectivity index (χ4v) is 3.28. The maximum atomic E-state index is 11.6. The van der Waals surface area contributed by atoms with Crippen molar-refractivity contribution in [1.29, 1.82) is 0 Å². The Hall–Kier alpha value is -2.67. The van der Waals surface area contributed by atoms with Gasteiger partial charge in [0.15, 0.2) is 0 Å². The number of primary amides is 1. The molecule has 0 radical (unpaired) electrons. The molecule has 1 aromatic heterocycles. The van der Waals surface area contributed by atoms with Gasteiger partial charge in [-0.3, -0.25) is 4.79 Å². The predicted molar refractivity (Wildman–Crippen MR) is 108 cm³/mol. The topological polar surface area (TPSA) is 119 Å². The van der Waals surface area contributed by atoms with Crippen LogP contribution in [-0.4, -0.2) is 28.0 Å². The van der Waals surface area contributed by atoms with Crippen LogP contribution in [0.15, 0.2) is 30.5 Å². The second kappa shape index (κ2) is 8.35. The summed E-state index contributed by atoms with van der Waals surface area (Å²) in [6.45, 7) is 4.00. The number of aromatic nitrogens is 2. The average Bonchev–Trinajstić information content (AvgIpc) is 3.50. The van der Waals surface area contributed by atoms with Gasteiger partial charge in [-0.25, -0.2) is 4.98 Å². The van der Waals surface area contributed by atoms with Crippen LogP contribution >= 0.6 is 0 Å². The molecular formula is C20H28N6O. The van der Waals surface area contributed by atoms with E-state index in [1.54, 1.807) is 0 Å². The minimum Gasteiger partial charge on any atom is -0.367 e. The smallest absolute Gasteiger partial charge is 0.254 e. The van der Waals surface area contributed by atoms with Crippen LogP contribution in [-0.2, 0) is 6.42 Å². The van der Waals surface area contributed by atoms with Crippen molar-refractivity contribution in [2.45, 2.75) is 57.7 Å². The van der Waals surface area contributed by atoms with Gasteiger partial charge in [0.25, 0.3) is 5.91 Å². The van der Waals surface area contributed by atoms with Gasteiger partial charge in [0.1, 0.15) is 5.82 Å². The fourth-order valence-electron chi connectivity index (χ4n) is 3.28. The number of benzene rings is 1. The largest absolute Gasteiger partial charge is 0.367 e. The molecule has 2 atom stereocenters. The number of hydrogen-bond acceptors (Lipinski definition) is 6. The molecule has 2 aromatic rings. The third kappa shape index (κ3) is 4.36. The van der Waals surface area contributed by atoms with Gasteiger partial charge in [-0.15, -0.1) is 0 Å². The van der Waals surface area contributed by atoms with Crippen molar-refractivity contribution in [2.75, 3.05) is 10.6 Å². The van der Waals surface area contributed by atoms with Gasteiger partial charge in [0, 0.05) is 18.3 Å². The van der Waals surface area contributed by atoms with E-state index >= 15 is 0 Å². The molecule has 0 saturated heterocycles. The summed E-state index contributed by atoms with van der Waals surface area (Å²) < 4.78 is 0. The van der Waals surface area contributed by atoms with E-state index in [-0.39, 0.29) is 12.1 Å². The quantitative estimate of drug-likeness (QED) is 0.644. The number of anilines is 2. The number of nitrogens with zero attached hydrogens (tertiary/aromatic N) is 2. The summed E-state index contributed by atoms with van der Waals surface area (Å²) in [5, 5.41) is 6.58. The normalized spacial score (nSPS) is 20.7. The van der Waals surface area contributed by atoms with Crippen LogP contribution in [0.5, 0.6) is 0 Å². The van der Waals surface area contributed by atoms with E-state index in [9.17, 15) is 4.79 Å². The maximum absolute atomic E-state index is 11.6. The van der Waals surface area contributed by atoms with E-state index in [4.69, 9.17) is 11.5 Å². The molecule has 144 valence electrons. The first kappa shape index (κ1) is 19.1. The zero-order valence-corrected chi connectivity index (χ0v) is 15.9. The Balaban J connectivity index is 0.00000102. The van der Waals surface area contributed by atoms with Crippen LogP contribution in [0.2, 0.25) is 0 Å². The van der Waals surface area contributed by atoms with Gasteiger partial charge in [-0.2, -0.15) is 4.98 Å². The Morgan fingerprint density at radius 3 is 2.59 bits per heavy atom. The zero-order chi connectivity index (χ0) is 19.4. The molecule has 0 aliphatic heterocycles. The van der Waals surface area contributed by atoms with Crippen LogP contribution in [0.1, 0.15) is 60.6 Å². The van der Waals surface area contributed by atoms with Crippen LogP contribution in [0, 0.1) is 0 Å². The van der Waals surface area contributed by atoms with Crippen molar-refractivity contribution in [3.05, 3.63) is 47.2 Å². The molecular weight excluding hydrogens is 340 g/mol. The Labute approximate surface area is 160 Å². The number of nitrogens with two attached hydrogens (primary N) is 2. The summed E-state index contributed by atoms with van der Waals surface area (Å²) in [5.41, 5.74) is 14.6. The van der Waals surface area contributed by atoms with E-state index in [2.05, 4.69) is 32.7 Å². The highest BCUT2D eigenvalue weighted by atomic mass is 16.1. The average molecular weight is 368 g/mol. The summed E-state index contributed by atoms with van der Waals surface area (Å²) in [7, 11) is 0. The van der Waals surface area contributed by atoms with Gasteiger partial charge < -0.3 is 22.1 Å². The van der Waals surface area contributed by atoms with Crippen LogP contribution in [0.3, 0.4) is 0 Å². The van der Waals surface area contributed by atoms with Crippen molar-refractivity contribution in [3.8, 4) is 0 Å². The van der Waals surface area contributed by atoms with Gasteiger partial charge in [0.05, 0.1) is 11.6 Å². The van der Waals surface area contributed by atoms with Crippen molar-refractivity contribution >= 4 is 17.7 Å². The third-order valence-corrected chi connectivity index (χ3v) is 4.86. The molecule has 1 aromatic carbocycles. The van der Waals surface area contributed by atoms with Crippen LogP contribution in [0.4, 0.5) is 11.8 Å². The summed E-state index contributed by atoms with van der Waals surface area (Å²) in [6.07, 6.45) is 5.51. The summed E-state index contributed by atoms with van der Waals surface area (Å²) in [5.74, 6) is 0.434. The van der Waals surface area contributed by atoms with Gasteiger partial charge in [0.2, 0.25) is 5.95 Å². The minimum atomic E-state index is -0.530. The zero-order valence-electron chi connectivity index (χ0n) is 15.9. The highest BCUT2D eigenvalue weighted by Crippen LogP contribution is 2.30. The molecule has 1 saturated carbocycles. The SMILES string of the molecule is CC.NC(=O)c1cnc(NC2CCc3ccccc3C2N)nc1NC1CC1. The highest BCUT2D eigenvalue weighted by molar-refractivity contribution is 5.97. The van der Waals surface area contributed by atoms with E-state index in [0.29, 0.717) is 23.4 Å². The van der Waals surface area contributed by atoms with Crippen LogP contribution in [0.25, 0.3) is 0 Å². The Kier molecular flexibility index (Phi) is 5.91. The fraction of sp³-hybridized carbons (Fsp3) is 0.450. The molecule has 2 aliphatic carbocycles. The van der Waals surface area contributed by atoms with E-state index in [0.717, 1.165) is 31.2 Å². The van der Waals surface area contributed by atoms with Gasteiger partial charge in [-0.1, -0.05) is 38.1 Å². The molecule has 0 bridgehead atoms. The number of amides is 1. The molecule has 0 spiro atoms. The minimum absolute atomic E-state index is 0.0445. The lowest BCUT2D eigenvalue weighted by Gasteiger charge is -2.31. The second-order valence-electron chi connectivity index (χ2n) is 6.75. The van der Waals surface area contributed by atoms with Gasteiger partial charge >= 0.3 is 0 Å². The Morgan fingerprint density at radius 1 is 1.15 bits per heavy atom. The van der Waals surface area contributed by atoms with Crippen molar-refractivity contribution in [2.24, 2.45) is 11.5 Å². The van der Waals surface area contributed by atoms with Crippen molar-refractivity contribution < 1.29 is 4.79 Å². The number of fused-ring (bicyclic) bond motifs is 1.